The summed E-state index contributed by atoms with van der Waals surface area (Å²) in [6.07, 6.45) is 1.25. The predicted octanol–water partition coefficient (Wildman–Crippen LogP) is 3.49. The Bertz CT molecular complexity index is 851. The number of rotatable bonds is 6. The minimum Gasteiger partial charge on any atom is -0.354 e. The number of piperidine rings is 1. The van der Waals surface area contributed by atoms with Crippen LogP contribution in [0.4, 0.5) is 14.9 Å². The van der Waals surface area contributed by atoms with Gasteiger partial charge in [-0.15, -0.1) is 0 Å². The number of hydrogen-bond acceptors (Lipinski definition) is 3. The number of nitrogens with one attached hydrogen (secondary N) is 2. The zero-order chi connectivity index (χ0) is 21.5. The standard InChI is InChI=1S/C23H29FN4O2/c1-27(2)21(18-7-6-8-19(24)15-18)16-25-22(29)17-11-13-28(14-12-17)23(30)26-20-9-4-3-5-10-20/h3-10,15,17,21H,11-14,16H2,1-2H3,(H,25,29)(H,26,30). The number of hydrogen-bond donors (Lipinski definition) is 2. The smallest absolute Gasteiger partial charge is 0.321 e. The van der Waals surface area contributed by atoms with Crippen LogP contribution < -0.4 is 10.6 Å². The second-order valence-corrected chi connectivity index (χ2v) is 7.84. The fourth-order valence-corrected chi connectivity index (χ4v) is 3.72. The summed E-state index contributed by atoms with van der Waals surface area (Å²) in [6, 6.07) is 15.5. The number of likely N-dealkylation sites (N-methyl/N-ethyl adjacent to an activating group) is 1. The van der Waals surface area contributed by atoms with E-state index in [9.17, 15) is 14.0 Å². The largest absolute Gasteiger partial charge is 0.354 e. The summed E-state index contributed by atoms with van der Waals surface area (Å²) < 4.78 is 13.6. The van der Waals surface area contributed by atoms with Crippen LogP contribution in [0.15, 0.2) is 54.6 Å². The molecule has 0 aliphatic carbocycles. The van der Waals surface area contributed by atoms with Gasteiger partial charge in [0.15, 0.2) is 0 Å². The molecule has 2 N–H and O–H groups in total. The fraction of sp³-hybridized carbons (Fsp3) is 0.391. The molecule has 3 rings (SSSR count). The Labute approximate surface area is 177 Å². The lowest BCUT2D eigenvalue weighted by Crippen LogP contribution is -2.45. The van der Waals surface area contributed by atoms with E-state index < -0.39 is 0 Å². The summed E-state index contributed by atoms with van der Waals surface area (Å²) in [5, 5.41) is 5.89. The highest BCUT2D eigenvalue weighted by Crippen LogP contribution is 2.21. The molecule has 1 atom stereocenters. The van der Waals surface area contributed by atoms with Gasteiger partial charge in [0.05, 0.1) is 6.04 Å². The van der Waals surface area contributed by atoms with Crippen molar-refractivity contribution in [1.29, 1.82) is 0 Å². The van der Waals surface area contributed by atoms with Crippen molar-refractivity contribution in [2.45, 2.75) is 18.9 Å². The number of likely N-dealkylation sites (tertiary alicyclic amines) is 1. The number of carbonyl (C=O) groups excluding carboxylic acids is 2. The highest BCUT2D eigenvalue weighted by molar-refractivity contribution is 5.89. The number of halogens is 1. The van der Waals surface area contributed by atoms with Crippen LogP contribution in [0.25, 0.3) is 0 Å². The van der Waals surface area contributed by atoms with E-state index in [1.165, 1.54) is 12.1 Å². The van der Waals surface area contributed by atoms with Crippen molar-refractivity contribution in [3.8, 4) is 0 Å². The zero-order valence-electron chi connectivity index (χ0n) is 17.5. The van der Waals surface area contributed by atoms with Gasteiger partial charge in [-0.25, -0.2) is 9.18 Å². The van der Waals surface area contributed by atoms with Crippen LogP contribution in [-0.2, 0) is 4.79 Å². The van der Waals surface area contributed by atoms with Gasteiger partial charge in [0.2, 0.25) is 5.91 Å². The molecule has 0 radical (unpaired) electrons. The topological polar surface area (TPSA) is 64.7 Å². The fourth-order valence-electron chi connectivity index (χ4n) is 3.72. The minimum atomic E-state index is -0.285. The number of nitrogens with zero attached hydrogens (tertiary/aromatic N) is 2. The molecule has 7 heteroatoms. The SMILES string of the molecule is CN(C)C(CNC(=O)C1CCN(C(=O)Nc2ccccc2)CC1)c1cccc(F)c1. The van der Waals surface area contributed by atoms with Crippen LogP contribution in [0, 0.1) is 11.7 Å². The lowest BCUT2D eigenvalue weighted by atomic mass is 9.95. The number of amides is 3. The van der Waals surface area contributed by atoms with Gasteiger partial charge in [0, 0.05) is 31.2 Å². The molecule has 1 aliphatic heterocycles. The lowest BCUT2D eigenvalue weighted by Gasteiger charge is -2.32. The lowest BCUT2D eigenvalue weighted by molar-refractivity contribution is -0.126. The van der Waals surface area contributed by atoms with Gasteiger partial charge in [0.25, 0.3) is 0 Å². The average molecular weight is 413 g/mol. The second kappa shape index (κ2) is 10.2. The Morgan fingerprint density at radius 3 is 2.43 bits per heavy atom. The van der Waals surface area contributed by atoms with Crippen LogP contribution in [0.3, 0.4) is 0 Å². The number of carbonyl (C=O) groups is 2. The van der Waals surface area contributed by atoms with E-state index in [1.807, 2.05) is 55.4 Å². The van der Waals surface area contributed by atoms with E-state index in [0.717, 1.165) is 11.3 Å². The first-order chi connectivity index (χ1) is 14.4. The number of benzene rings is 2. The molecule has 1 unspecified atom stereocenters. The first-order valence-electron chi connectivity index (χ1n) is 10.2. The summed E-state index contributed by atoms with van der Waals surface area (Å²) in [5.41, 5.74) is 1.59. The summed E-state index contributed by atoms with van der Waals surface area (Å²) in [4.78, 5) is 28.8. The maximum absolute atomic E-state index is 13.6. The third-order valence-corrected chi connectivity index (χ3v) is 5.50. The molecule has 0 bridgehead atoms. The van der Waals surface area contributed by atoms with Gasteiger partial charge in [-0.05, 0) is 56.8 Å². The van der Waals surface area contributed by atoms with Crippen LogP contribution in [0.5, 0.6) is 0 Å². The molecule has 2 aromatic rings. The summed E-state index contributed by atoms with van der Waals surface area (Å²) in [5.74, 6) is -0.422. The maximum Gasteiger partial charge on any atom is 0.321 e. The Balaban J connectivity index is 1.48. The quantitative estimate of drug-likeness (QED) is 0.763. The van der Waals surface area contributed by atoms with Crippen molar-refractivity contribution in [3.05, 3.63) is 66.0 Å². The Kier molecular flexibility index (Phi) is 7.41. The summed E-state index contributed by atoms with van der Waals surface area (Å²) >= 11 is 0. The number of urea groups is 1. The van der Waals surface area contributed by atoms with Crippen molar-refractivity contribution < 1.29 is 14.0 Å². The molecule has 0 saturated carbocycles. The van der Waals surface area contributed by atoms with Crippen molar-refractivity contribution in [2.24, 2.45) is 5.92 Å². The van der Waals surface area contributed by atoms with Crippen molar-refractivity contribution in [1.82, 2.24) is 15.1 Å². The van der Waals surface area contributed by atoms with Crippen LogP contribution in [0.1, 0.15) is 24.4 Å². The van der Waals surface area contributed by atoms with Gasteiger partial charge in [-0.2, -0.15) is 0 Å². The predicted molar refractivity (Wildman–Crippen MR) is 116 cm³/mol. The van der Waals surface area contributed by atoms with Crippen molar-refractivity contribution in [2.75, 3.05) is 39.0 Å². The molecule has 6 nitrogen and oxygen atoms in total. The maximum atomic E-state index is 13.6. The van der Waals surface area contributed by atoms with E-state index in [1.54, 1.807) is 11.0 Å². The van der Waals surface area contributed by atoms with E-state index in [2.05, 4.69) is 10.6 Å². The average Bonchev–Trinajstić information content (AvgIpc) is 2.74. The normalized spacial score (nSPS) is 15.7. The molecule has 1 fully saturated rings. The summed E-state index contributed by atoms with van der Waals surface area (Å²) in [7, 11) is 3.82. The number of anilines is 1. The third kappa shape index (κ3) is 5.79. The van der Waals surface area contributed by atoms with Gasteiger partial charge < -0.3 is 20.4 Å². The highest BCUT2D eigenvalue weighted by Gasteiger charge is 2.28. The highest BCUT2D eigenvalue weighted by atomic mass is 19.1. The molecular weight excluding hydrogens is 383 g/mol. The molecule has 160 valence electrons. The van der Waals surface area contributed by atoms with Crippen molar-refractivity contribution >= 4 is 17.6 Å². The zero-order valence-corrected chi connectivity index (χ0v) is 17.5. The first-order valence-corrected chi connectivity index (χ1v) is 10.2. The van der Waals surface area contributed by atoms with Crippen LogP contribution in [0.2, 0.25) is 0 Å². The Hall–Kier alpha value is -2.93. The van der Waals surface area contributed by atoms with Gasteiger partial charge >= 0.3 is 6.03 Å². The number of para-hydroxylation sites is 1. The van der Waals surface area contributed by atoms with Crippen LogP contribution >= 0.6 is 0 Å². The Morgan fingerprint density at radius 2 is 1.80 bits per heavy atom. The summed E-state index contributed by atoms with van der Waals surface area (Å²) in [6.45, 7) is 1.49. The Morgan fingerprint density at radius 1 is 1.10 bits per heavy atom. The monoisotopic (exact) mass is 412 g/mol. The molecule has 1 aliphatic rings. The molecule has 1 saturated heterocycles. The molecule has 2 aromatic carbocycles. The van der Waals surface area contributed by atoms with E-state index in [4.69, 9.17) is 0 Å². The second-order valence-electron chi connectivity index (χ2n) is 7.84. The van der Waals surface area contributed by atoms with E-state index in [0.29, 0.717) is 32.5 Å². The first kappa shape index (κ1) is 21.8. The molecule has 3 amide bonds. The van der Waals surface area contributed by atoms with E-state index in [-0.39, 0.29) is 29.7 Å². The molecular formula is C23H29FN4O2. The van der Waals surface area contributed by atoms with Gasteiger partial charge in [-0.3, -0.25) is 4.79 Å². The van der Waals surface area contributed by atoms with Crippen molar-refractivity contribution in [3.63, 3.8) is 0 Å². The van der Waals surface area contributed by atoms with Gasteiger partial charge in [-0.1, -0.05) is 30.3 Å². The van der Waals surface area contributed by atoms with E-state index >= 15 is 0 Å². The molecule has 0 spiro atoms. The molecule has 0 aromatic heterocycles. The van der Waals surface area contributed by atoms with Crippen LogP contribution in [-0.4, -0.2) is 55.5 Å². The third-order valence-electron chi connectivity index (χ3n) is 5.50. The molecule has 1 heterocycles. The minimum absolute atomic E-state index is 0.0126. The molecule has 30 heavy (non-hydrogen) atoms. The van der Waals surface area contributed by atoms with Gasteiger partial charge in [0.1, 0.15) is 5.82 Å².